The van der Waals surface area contributed by atoms with Gasteiger partial charge in [0.05, 0.1) is 30.6 Å². The van der Waals surface area contributed by atoms with Crippen LogP contribution in [0.3, 0.4) is 0 Å². The fraction of sp³-hybridized carbons (Fsp3) is 0.409. The van der Waals surface area contributed by atoms with E-state index in [2.05, 4.69) is 16.0 Å². The normalized spacial score (nSPS) is 16.0. The molecule has 1 N–H and O–H groups in total. The van der Waals surface area contributed by atoms with E-state index in [1.165, 1.54) is 0 Å². The maximum atomic E-state index is 12.8. The summed E-state index contributed by atoms with van der Waals surface area (Å²) in [5.41, 5.74) is 1.56. The van der Waals surface area contributed by atoms with Crippen LogP contribution in [-0.2, 0) is 10.0 Å². The molecule has 8 nitrogen and oxygen atoms in total. The molecule has 1 saturated carbocycles. The predicted molar refractivity (Wildman–Crippen MR) is 118 cm³/mol. The van der Waals surface area contributed by atoms with Crippen molar-refractivity contribution in [3.05, 3.63) is 36.2 Å². The molecule has 4 rings (SSSR count). The molecule has 3 aromatic rings. The lowest BCUT2D eigenvalue weighted by Gasteiger charge is -2.18. The van der Waals surface area contributed by atoms with Crippen molar-refractivity contribution >= 4 is 20.9 Å². The standard InChI is InChI=1S/C22H22F3N5O3S/c1-13(22(23,24)25)29-34(31,32)16-11-27-21(28-12-16)20-18(10-26)17-8-7-15(33-2)9-19(17)30(20)14-5-3-4-6-14/h7-9,11-14,29H,3-6H2,1-2H3. The number of nitrogens with zero attached hydrogens (tertiary/aromatic N) is 4. The van der Waals surface area contributed by atoms with E-state index in [1.54, 1.807) is 24.0 Å². The van der Waals surface area contributed by atoms with Crippen molar-refractivity contribution in [1.82, 2.24) is 19.3 Å². The molecule has 0 radical (unpaired) electrons. The van der Waals surface area contributed by atoms with Crippen LogP contribution in [0.4, 0.5) is 13.2 Å². The maximum absolute atomic E-state index is 12.8. The Labute approximate surface area is 194 Å². The summed E-state index contributed by atoms with van der Waals surface area (Å²) < 4.78 is 72.1. The molecule has 0 amide bonds. The van der Waals surface area contributed by atoms with Crippen molar-refractivity contribution in [1.29, 1.82) is 5.26 Å². The maximum Gasteiger partial charge on any atom is 0.404 e. The molecule has 1 fully saturated rings. The SMILES string of the molecule is COc1ccc2c(C#N)c(-c3ncc(S(=O)(=O)NC(C)C(F)(F)F)cn3)n(C3CCCC3)c2c1. The summed E-state index contributed by atoms with van der Waals surface area (Å²) in [7, 11) is -2.95. The third-order valence-electron chi connectivity index (χ3n) is 5.99. The molecule has 34 heavy (non-hydrogen) atoms. The van der Waals surface area contributed by atoms with Crippen LogP contribution in [-0.4, -0.2) is 42.3 Å². The number of rotatable bonds is 6. The average Bonchev–Trinajstić information content (AvgIpc) is 3.43. The molecule has 1 aliphatic carbocycles. The Hall–Kier alpha value is -3.17. The van der Waals surface area contributed by atoms with Crippen molar-refractivity contribution in [2.45, 2.75) is 55.8 Å². The quantitative estimate of drug-likeness (QED) is 0.548. The van der Waals surface area contributed by atoms with Gasteiger partial charge < -0.3 is 9.30 Å². The number of methoxy groups -OCH3 is 1. The van der Waals surface area contributed by atoms with Gasteiger partial charge in [0.25, 0.3) is 0 Å². The second kappa shape index (κ2) is 8.88. The fourth-order valence-corrected chi connectivity index (χ4v) is 5.35. The van der Waals surface area contributed by atoms with Gasteiger partial charge in [-0.05, 0) is 31.9 Å². The summed E-state index contributed by atoms with van der Waals surface area (Å²) in [5, 5.41) is 10.6. The van der Waals surface area contributed by atoms with Crippen LogP contribution >= 0.6 is 0 Å². The summed E-state index contributed by atoms with van der Waals surface area (Å²) in [6.45, 7) is 0.709. The van der Waals surface area contributed by atoms with Gasteiger partial charge in [-0.2, -0.15) is 23.2 Å². The lowest BCUT2D eigenvalue weighted by molar-refractivity contribution is -0.147. The first-order valence-corrected chi connectivity index (χ1v) is 12.1. The van der Waals surface area contributed by atoms with E-state index in [0.717, 1.165) is 43.6 Å². The Morgan fingerprint density at radius 2 is 1.88 bits per heavy atom. The van der Waals surface area contributed by atoms with Crippen LogP contribution < -0.4 is 9.46 Å². The number of sulfonamides is 1. The number of benzene rings is 1. The van der Waals surface area contributed by atoms with Gasteiger partial charge in [0, 0.05) is 17.5 Å². The number of hydrogen-bond donors (Lipinski definition) is 1. The fourth-order valence-electron chi connectivity index (χ4n) is 4.24. The van der Waals surface area contributed by atoms with Crippen LogP contribution in [0.5, 0.6) is 5.75 Å². The molecule has 1 atom stereocenters. The van der Waals surface area contributed by atoms with Gasteiger partial charge in [0.2, 0.25) is 10.0 Å². The van der Waals surface area contributed by atoms with Crippen LogP contribution in [0.1, 0.15) is 44.2 Å². The van der Waals surface area contributed by atoms with E-state index in [1.807, 2.05) is 10.6 Å². The third kappa shape index (κ3) is 4.33. The molecule has 12 heteroatoms. The molecule has 0 spiro atoms. The number of ether oxygens (including phenoxy) is 1. The van der Waals surface area contributed by atoms with Gasteiger partial charge in [0.15, 0.2) is 5.82 Å². The molecule has 0 aliphatic heterocycles. The van der Waals surface area contributed by atoms with Gasteiger partial charge >= 0.3 is 6.18 Å². The molecular weight excluding hydrogens is 471 g/mol. The number of fused-ring (bicyclic) bond motifs is 1. The summed E-state index contributed by atoms with van der Waals surface area (Å²) in [5.74, 6) is 0.731. The summed E-state index contributed by atoms with van der Waals surface area (Å²) in [6.07, 6.45) is 1.000. The summed E-state index contributed by atoms with van der Waals surface area (Å²) in [4.78, 5) is 7.79. The second-order valence-corrected chi connectivity index (χ2v) is 9.87. The van der Waals surface area contributed by atoms with Gasteiger partial charge in [-0.3, -0.25) is 0 Å². The van der Waals surface area contributed by atoms with Crippen molar-refractivity contribution in [2.24, 2.45) is 0 Å². The second-order valence-electron chi connectivity index (χ2n) is 8.15. The zero-order chi connectivity index (χ0) is 24.7. The van der Waals surface area contributed by atoms with Gasteiger partial charge in [-0.1, -0.05) is 12.8 Å². The Balaban J connectivity index is 1.82. The molecule has 180 valence electrons. The summed E-state index contributed by atoms with van der Waals surface area (Å²) >= 11 is 0. The van der Waals surface area contributed by atoms with E-state index < -0.39 is 27.1 Å². The first-order chi connectivity index (χ1) is 16.1. The minimum absolute atomic E-state index is 0.0908. The van der Waals surface area contributed by atoms with Gasteiger partial charge in [-0.25, -0.2) is 18.4 Å². The van der Waals surface area contributed by atoms with E-state index >= 15 is 0 Å². The third-order valence-corrected chi connectivity index (χ3v) is 7.48. The van der Waals surface area contributed by atoms with E-state index in [-0.39, 0.29) is 11.9 Å². The Bertz CT molecular complexity index is 1360. The molecule has 1 unspecified atom stereocenters. The van der Waals surface area contributed by atoms with Crippen LogP contribution in [0, 0.1) is 11.3 Å². The first kappa shape index (κ1) is 24.0. The van der Waals surface area contributed by atoms with Crippen LogP contribution in [0.2, 0.25) is 0 Å². The van der Waals surface area contributed by atoms with Crippen molar-refractivity contribution < 1.29 is 26.3 Å². The number of nitrogens with one attached hydrogen (secondary N) is 1. The first-order valence-electron chi connectivity index (χ1n) is 10.6. The predicted octanol–water partition coefficient (Wildman–Crippen LogP) is 4.32. The highest BCUT2D eigenvalue weighted by molar-refractivity contribution is 7.89. The average molecular weight is 494 g/mol. The van der Waals surface area contributed by atoms with Crippen molar-refractivity contribution in [2.75, 3.05) is 7.11 Å². The Morgan fingerprint density at radius 1 is 1.24 bits per heavy atom. The molecule has 2 aromatic heterocycles. The molecular formula is C22H22F3N5O3S. The molecule has 0 saturated heterocycles. The van der Waals surface area contributed by atoms with E-state index in [0.29, 0.717) is 29.3 Å². The van der Waals surface area contributed by atoms with Gasteiger partial charge in [-0.15, -0.1) is 0 Å². The minimum atomic E-state index is -4.74. The highest BCUT2D eigenvalue weighted by Gasteiger charge is 2.39. The van der Waals surface area contributed by atoms with Crippen molar-refractivity contribution in [3.8, 4) is 23.3 Å². The largest absolute Gasteiger partial charge is 0.497 e. The number of halogens is 3. The molecule has 1 aromatic carbocycles. The highest BCUT2D eigenvalue weighted by atomic mass is 32.2. The number of alkyl halides is 3. The Kier molecular flexibility index (Phi) is 6.26. The monoisotopic (exact) mass is 493 g/mol. The zero-order valence-corrected chi connectivity index (χ0v) is 19.2. The van der Waals surface area contributed by atoms with E-state index in [9.17, 15) is 26.9 Å². The number of hydrogen-bond acceptors (Lipinski definition) is 6. The smallest absolute Gasteiger partial charge is 0.404 e. The lowest BCUT2D eigenvalue weighted by Crippen LogP contribution is -2.43. The Morgan fingerprint density at radius 3 is 2.44 bits per heavy atom. The van der Waals surface area contributed by atoms with Gasteiger partial charge in [0.1, 0.15) is 28.4 Å². The molecule has 2 heterocycles. The molecule has 1 aliphatic rings. The zero-order valence-electron chi connectivity index (χ0n) is 18.4. The van der Waals surface area contributed by atoms with Crippen molar-refractivity contribution in [3.63, 3.8) is 0 Å². The number of aromatic nitrogens is 3. The topological polar surface area (TPSA) is 110 Å². The minimum Gasteiger partial charge on any atom is -0.497 e. The van der Waals surface area contributed by atoms with Crippen LogP contribution in [0.25, 0.3) is 22.4 Å². The number of nitriles is 1. The van der Waals surface area contributed by atoms with Crippen LogP contribution in [0.15, 0.2) is 35.5 Å². The lowest BCUT2D eigenvalue weighted by atomic mass is 10.1. The summed E-state index contributed by atoms with van der Waals surface area (Å²) in [6, 6.07) is 5.38. The molecule has 0 bridgehead atoms. The van der Waals surface area contributed by atoms with E-state index in [4.69, 9.17) is 4.74 Å². The highest BCUT2D eigenvalue weighted by Crippen LogP contribution is 2.41.